The Bertz CT molecular complexity index is 662. The third-order valence-corrected chi connectivity index (χ3v) is 4.32. The highest BCUT2D eigenvalue weighted by atomic mass is 16.2. The van der Waals surface area contributed by atoms with Gasteiger partial charge < -0.3 is 20.0 Å². The monoisotopic (exact) mass is 324 g/mol. The molecule has 1 aliphatic rings. The molecule has 5 heteroatoms. The van der Waals surface area contributed by atoms with Crippen molar-refractivity contribution in [1.29, 1.82) is 0 Å². The van der Waals surface area contributed by atoms with Gasteiger partial charge in [0.25, 0.3) is 0 Å². The van der Waals surface area contributed by atoms with Crippen LogP contribution in [-0.2, 0) is 0 Å². The van der Waals surface area contributed by atoms with Crippen LogP contribution >= 0.6 is 0 Å². The maximum absolute atomic E-state index is 12.4. The van der Waals surface area contributed by atoms with Gasteiger partial charge in [0, 0.05) is 57.3 Å². The van der Waals surface area contributed by atoms with E-state index in [9.17, 15) is 4.79 Å². The number of amides is 2. The molecule has 0 spiro atoms. The Morgan fingerprint density at radius 2 is 1.54 bits per heavy atom. The Kier molecular flexibility index (Phi) is 4.89. The molecule has 1 saturated heterocycles. The first-order chi connectivity index (χ1) is 11.6. The number of nitrogens with zero attached hydrogens (tertiary/aromatic N) is 3. The van der Waals surface area contributed by atoms with Crippen LogP contribution < -0.4 is 15.1 Å². The van der Waals surface area contributed by atoms with E-state index in [0.717, 1.165) is 37.6 Å². The fourth-order valence-electron chi connectivity index (χ4n) is 2.85. The van der Waals surface area contributed by atoms with Crippen molar-refractivity contribution in [3.63, 3.8) is 0 Å². The number of carbonyl (C=O) groups is 1. The van der Waals surface area contributed by atoms with Crippen molar-refractivity contribution in [2.24, 2.45) is 0 Å². The summed E-state index contributed by atoms with van der Waals surface area (Å²) in [5.74, 6) is 0. The first kappa shape index (κ1) is 16.2. The molecule has 0 bridgehead atoms. The van der Waals surface area contributed by atoms with Crippen LogP contribution in [0.5, 0.6) is 0 Å². The standard InChI is InChI=1S/C19H24N4O/c1-21(2)17-10-8-16(9-11-17)20-19(24)23-14-12-22(13-15-23)18-6-4-3-5-7-18/h3-11H,12-15H2,1-2H3,(H,20,24). The van der Waals surface area contributed by atoms with Gasteiger partial charge in [0.1, 0.15) is 0 Å². The van der Waals surface area contributed by atoms with Gasteiger partial charge in [-0.05, 0) is 36.4 Å². The summed E-state index contributed by atoms with van der Waals surface area (Å²) in [5.41, 5.74) is 3.16. The lowest BCUT2D eigenvalue weighted by molar-refractivity contribution is 0.208. The first-order valence-corrected chi connectivity index (χ1v) is 8.27. The molecule has 1 N–H and O–H groups in total. The van der Waals surface area contributed by atoms with Crippen LogP contribution in [0.15, 0.2) is 54.6 Å². The quantitative estimate of drug-likeness (QED) is 0.943. The lowest BCUT2D eigenvalue weighted by atomic mass is 10.2. The van der Waals surface area contributed by atoms with Gasteiger partial charge in [0.05, 0.1) is 0 Å². The van der Waals surface area contributed by atoms with E-state index in [1.807, 2.05) is 66.4 Å². The highest BCUT2D eigenvalue weighted by molar-refractivity contribution is 5.89. The molecule has 0 aromatic heterocycles. The minimum atomic E-state index is -0.0275. The number of hydrogen-bond donors (Lipinski definition) is 1. The largest absolute Gasteiger partial charge is 0.378 e. The molecule has 2 aromatic rings. The van der Waals surface area contributed by atoms with Gasteiger partial charge >= 0.3 is 6.03 Å². The molecule has 3 rings (SSSR count). The summed E-state index contributed by atoms with van der Waals surface area (Å²) < 4.78 is 0. The van der Waals surface area contributed by atoms with Crippen molar-refractivity contribution in [2.45, 2.75) is 0 Å². The highest BCUT2D eigenvalue weighted by Gasteiger charge is 2.21. The molecule has 0 aliphatic carbocycles. The van der Waals surface area contributed by atoms with E-state index in [2.05, 4.69) is 22.3 Å². The number of benzene rings is 2. The maximum Gasteiger partial charge on any atom is 0.321 e. The zero-order valence-corrected chi connectivity index (χ0v) is 14.3. The minimum absolute atomic E-state index is 0.0275. The second kappa shape index (κ2) is 7.25. The summed E-state index contributed by atoms with van der Waals surface area (Å²) in [6.07, 6.45) is 0. The molecule has 5 nitrogen and oxygen atoms in total. The third-order valence-electron chi connectivity index (χ3n) is 4.32. The van der Waals surface area contributed by atoms with Crippen molar-refractivity contribution in [1.82, 2.24) is 4.90 Å². The summed E-state index contributed by atoms with van der Waals surface area (Å²) in [4.78, 5) is 18.6. The summed E-state index contributed by atoms with van der Waals surface area (Å²) in [7, 11) is 4.00. The summed E-state index contributed by atoms with van der Waals surface area (Å²) >= 11 is 0. The number of nitrogens with one attached hydrogen (secondary N) is 1. The second-order valence-electron chi connectivity index (χ2n) is 6.18. The Labute approximate surface area is 143 Å². The van der Waals surface area contributed by atoms with Gasteiger partial charge in [-0.25, -0.2) is 4.79 Å². The number of piperazine rings is 1. The average Bonchev–Trinajstić information content (AvgIpc) is 2.63. The number of anilines is 3. The Morgan fingerprint density at radius 3 is 2.12 bits per heavy atom. The van der Waals surface area contributed by atoms with Crippen LogP contribution in [-0.4, -0.2) is 51.2 Å². The lowest BCUT2D eigenvalue weighted by Gasteiger charge is -2.36. The van der Waals surface area contributed by atoms with Crippen LogP contribution in [0.2, 0.25) is 0 Å². The molecule has 0 saturated carbocycles. The summed E-state index contributed by atoms with van der Waals surface area (Å²) in [6.45, 7) is 3.18. The number of rotatable bonds is 3. The topological polar surface area (TPSA) is 38.8 Å². The normalized spacial score (nSPS) is 14.4. The maximum atomic E-state index is 12.4. The number of para-hydroxylation sites is 1. The predicted octanol–water partition coefficient (Wildman–Crippen LogP) is 3.11. The second-order valence-corrected chi connectivity index (χ2v) is 6.18. The van der Waals surface area contributed by atoms with Crippen LogP contribution in [0.25, 0.3) is 0 Å². The van der Waals surface area contributed by atoms with E-state index in [1.54, 1.807) is 0 Å². The van der Waals surface area contributed by atoms with Gasteiger partial charge in [-0.1, -0.05) is 18.2 Å². The molecule has 126 valence electrons. The fourth-order valence-corrected chi connectivity index (χ4v) is 2.85. The Morgan fingerprint density at radius 1 is 0.917 bits per heavy atom. The number of hydrogen-bond acceptors (Lipinski definition) is 3. The molecule has 1 aliphatic heterocycles. The van der Waals surface area contributed by atoms with Gasteiger partial charge in [0.15, 0.2) is 0 Å². The molecule has 1 fully saturated rings. The molecule has 0 unspecified atom stereocenters. The lowest BCUT2D eigenvalue weighted by Crippen LogP contribution is -2.50. The zero-order chi connectivity index (χ0) is 16.9. The molecular formula is C19H24N4O. The van der Waals surface area contributed by atoms with Crippen LogP contribution in [0, 0.1) is 0 Å². The summed E-state index contributed by atoms with van der Waals surface area (Å²) in [6, 6.07) is 18.2. The average molecular weight is 324 g/mol. The first-order valence-electron chi connectivity index (χ1n) is 8.27. The van der Waals surface area contributed by atoms with Crippen LogP contribution in [0.4, 0.5) is 21.9 Å². The van der Waals surface area contributed by atoms with Gasteiger partial charge in [-0.2, -0.15) is 0 Å². The van der Waals surface area contributed by atoms with Crippen molar-refractivity contribution >= 4 is 23.1 Å². The summed E-state index contributed by atoms with van der Waals surface area (Å²) in [5, 5.41) is 2.98. The van der Waals surface area contributed by atoms with E-state index < -0.39 is 0 Å². The van der Waals surface area contributed by atoms with Gasteiger partial charge in [-0.3, -0.25) is 0 Å². The van der Waals surface area contributed by atoms with E-state index in [-0.39, 0.29) is 6.03 Å². The molecular weight excluding hydrogens is 300 g/mol. The van der Waals surface area contributed by atoms with E-state index >= 15 is 0 Å². The van der Waals surface area contributed by atoms with Crippen molar-refractivity contribution < 1.29 is 4.79 Å². The molecule has 1 heterocycles. The molecule has 0 atom stereocenters. The Hall–Kier alpha value is -2.69. The van der Waals surface area contributed by atoms with E-state index in [1.165, 1.54) is 5.69 Å². The number of urea groups is 1. The molecule has 24 heavy (non-hydrogen) atoms. The smallest absolute Gasteiger partial charge is 0.321 e. The van der Waals surface area contributed by atoms with E-state index in [4.69, 9.17) is 0 Å². The van der Waals surface area contributed by atoms with Crippen LogP contribution in [0.1, 0.15) is 0 Å². The SMILES string of the molecule is CN(C)c1ccc(NC(=O)N2CCN(c3ccccc3)CC2)cc1. The molecule has 2 amide bonds. The highest BCUT2D eigenvalue weighted by Crippen LogP contribution is 2.18. The molecule has 0 radical (unpaired) electrons. The number of carbonyl (C=O) groups excluding carboxylic acids is 1. The Balaban J connectivity index is 1.53. The van der Waals surface area contributed by atoms with Gasteiger partial charge in [-0.15, -0.1) is 0 Å². The third kappa shape index (κ3) is 3.79. The van der Waals surface area contributed by atoms with E-state index in [0.29, 0.717) is 0 Å². The minimum Gasteiger partial charge on any atom is -0.378 e. The van der Waals surface area contributed by atoms with Crippen molar-refractivity contribution in [3.8, 4) is 0 Å². The van der Waals surface area contributed by atoms with Crippen LogP contribution in [0.3, 0.4) is 0 Å². The van der Waals surface area contributed by atoms with Crippen molar-refractivity contribution in [2.75, 3.05) is 55.4 Å². The fraction of sp³-hybridized carbons (Fsp3) is 0.316. The molecule has 2 aromatic carbocycles. The predicted molar refractivity (Wildman–Crippen MR) is 100 cm³/mol. The van der Waals surface area contributed by atoms with Crippen molar-refractivity contribution in [3.05, 3.63) is 54.6 Å². The van der Waals surface area contributed by atoms with Gasteiger partial charge in [0.2, 0.25) is 0 Å². The zero-order valence-electron chi connectivity index (χ0n) is 14.3.